The molecule has 1 atom stereocenters. The molecule has 1 aliphatic carbocycles. The minimum Gasteiger partial charge on any atom is -0.382 e. The third-order valence-corrected chi connectivity index (χ3v) is 2.97. The normalized spacial score (nSPS) is 21.8. The van der Waals surface area contributed by atoms with Crippen LogP contribution in [0.1, 0.15) is 30.7 Å². The van der Waals surface area contributed by atoms with Gasteiger partial charge in [0.15, 0.2) is 0 Å². The van der Waals surface area contributed by atoms with Gasteiger partial charge in [-0.15, -0.1) is 11.6 Å². The first kappa shape index (κ1) is 11.4. The number of aliphatic hydroxyl groups excluding tert-OH is 1. The van der Waals surface area contributed by atoms with Crippen molar-refractivity contribution in [2.24, 2.45) is 0 Å². The van der Waals surface area contributed by atoms with Crippen molar-refractivity contribution in [1.82, 2.24) is 4.98 Å². The fraction of sp³-hybridized carbons (Fsp3) is 0.308. The van der Waals surface area contributed by atoms with Gasteiger partial charge in [0.25, 0.3) is 0 Å². The number of nitrogens with zero attached hydrogens (tertiary/aromatic N) is 1. The van der Waals surface area contributed by atoms with E-state index in [9.17, 15) is 5.11 Å². The van der Waals surface area contributed by atoms with Gasteiger partial charge in [-0.3, -0.25) is 4.98 Å². The lowest BCUT2D eigenvalue weighted by Crippen LogP contribution is -2.12. The Morgan fingerprint density at radius 2 is 2.38 bits per heavy atom. The topological polar surface area (TPSA) is 33.1 Å². The standard InChI is InChI=1S/C13H14ClNO/c1-2-4-9-7-10(8-14)11-5-3-6-15-12(11)13(9)16/h3-7,13,16H,2,8H2,1H3. The van der Waals surface area contributed by atoms with E-state index in [4.69, 9.17) is 11.6 Å². The average Bonchev–Trinajstić information content (AvgIpc) is 2.33. The van der Waals surface area contributed by atoms with Crippen molar-refractivity contribution in [2.45, 2.75) is 19.4 Å². The van der Waals surface area contributed by atoms with Gasteiger partial charge in [-0.05, 0) is 23.6 Å². The number of allylic oxidation sites excluding steroid dienone is 2. The van der Waals surface area contributed by atoms with Crippen molar-refractivity contribution < 1.29 is 5.11 Å². The molecule has 1 aromatic rings. The van der Waals surface area contributed by atoms with Crippen LogP contribution in [0.15, 0.2) is 36.1 Å². The third-order valence-electron chi connectivity index (χ3n) is 2.68. The van der Waals surface area contributed by atoms with Gasteiger partial charge in [0, 0.05) is 17.6 Å². The average molecular weight is 236 g/mol. The van der Waals surface area contributed by atoms with E-state index in [0.29, 0.717) is 11.6 Å². The highest BCUT2D eigenvalue weighted by Gasteiger charge is 2.23. The lowest BCUT2D eigenvalue weighted by atomic mass is 9.90. The van der Waals surface area contributed by atoms with Gasteiger partial charge >= 0.3 is 0 Å². The zero-order chi connectivity index (χ0) is 11.5. The van der Waals surface area contributed by atoms with Gasteiger partial charge in [0.1, 0.15) is 6.10 Å². The molecule has 1 N–H and O–H groups in total. The van der Waals surface area contributed by atoms with E-state index < -0.39 is 6.10 Å². The molecule has 0 fully saturated rings. The van der Waals surface area contributed by atoms with Crippen LogP contribution in [0.3, 0.4) is 0 Å². The summed E-state index contributed by atoms with van der Waals surface area (Å²) in [6.45, 7) is 2.04. The molecule has 0 spiro atoms. The molecule has 0 saturated carbocycles. The summed E-state index contributed by atoms with van der Waals surface area (Å²) in [5, 5.41) is 10.1. The Kier molecular flexibility index (Phi) is 3.42. The van der Waals surface area contributed by atoms with Crippen molar-refractivity contribution in [1.29, 1.82) is 0 Å². The van der Waals surface area contributed by atoms with E-state index in [1.807, 2.05) is 31.2 Å². The number of pyridine rings is 1. The minimum absolute atomic E-state index is 0.437. The number of aliphatic hydroxyl groups is 1. The molecule has 2 rings (SSSR count). The molecule has 3 heteroatoms. The quantitative estimate of drug-likeness (QED) is 0.800. The first-order valence-electron chi connectivity index (χ1n) is 5.37. The molecular weight excluding hydrogens is 222 g/mol. The summed E-state index contributed by atoms with van der Waals surface area (Å²) in [4.78, 5) is 4.24. The van der Waals surface area contributed by atoms with Gasteiger partial charge < -0.3 is 5.11 Å². The molecule has 1 aromatic heterocycles. The Labute approximate surface area is 100 Å². The zero-order valence-electron chi connectivity index (χ0n) is 9.15. The molecule has 0 aromatic carbocycles. The number of rotatable bonds is 2. The van der Waals surface area contributed by atoms with E-state index in [1.54, 1.807) is 6.20 Å². The summed E-state index contributed by atoms with van der Waals surface area (Å²) in [5.41, 5.74) is 3.58. The van der Waals surface area contributed by atoms with Gasteiger partial charge in [-0.2, -0.15) is 0 Å². The van der Waals surface area contributed by atoms with Gasteiger partial charge in [-0.25, -0.2) is 0 Å². The summed E-state index contributed by atoms with van der Waals surface area (Å²) < 4.78 is 0. The molecule has 1 heterocycles. The second kappa shape index (κ2) is 4.81. The molecule has 0 saturated heterocycles. The van der Waals surface area contributed by atoms with Crippen LogP contribution in [0, 0.1) is 0 Å². The van der Waals surface area contributed by atoms with Gasteiger partial charge in [0.05, 0.1) is 5.69 Å². The Bertz CT molecular complexity index is 451. The lowest BCUT2D eigenvalue weighted by Gasteiger charge is -2.22. The summed E-state index contributed by atoms with van der Waals surface area (Å²) in [6, 6.07) is 3.81. The summed E-state index contributed by atoms with van der Waals surface area (Å²) in [6.07, 6.45) is 5.94. The summed E-state index contributed by atoms with van der Waals surface area (Å²) in [5.74, 6) is 0.437. The predicted molar refractivity (Wildman–Crippen MR) is 66.3 cm³/mol. The van der Waals surface area contributed by atoms with Crippen LogP contribution in [0.25, 0.3) is 5.57 Å². The molecular formula is C13H14ClNO. The van der Waals surface area contributed by atoms with E-state index >= 15 is 0 Å². The summed E-state index contributed by atoms with van der Waals surface area (Å²) >= 11 is 5.92. The van der Waals surface area contributed by atoms with Gasteiger partial charge in [0.2, 0.25) is 0 Å². The van der Waals surface area contributed by atoms with Crippen LogP contribution >= 0.6 is 11.6 Å². The first-order valence-corrected chi connectivity index (χ1v) is 5.91. The van der Waals surface area contributed by atoms with Crippen LogP contribution in [0.5, 0.6) is 0 Å². The Morgan fingerprint density at radius 1 is 1.56 bits per heavy atom. The van der Waals surface area contributed by atoms with Crippen molar-refractivity contribution in [2.75, 3.05) is 5.88 Å². The Morgan fingerprint density at radius 3 is 3.06 bits per heavy atom. The molecule has 1 aliphatic rings. The maximum atomic E-state index is 10.1. The maximum Gasteiger partial charge on any atom is 0.121 e. The fourth-order valence-electron chi connectivity index (χ4n) is 1.94. The van der Waals surface area contributed by atoms with Crippen molar-refractivity contribution >= 4 is 17.2 Å². The van der Waals surface area contributed by atoms with Crippen molar-refractivity contribution in [3.63, 3.8) is 0 Å². The SMILES string of the molecule is CCC=C1C=C(CCl)c2cccnc2C1O. The molecule has 2 nitrogen and oxygen atoms in total. The highest BCUT2D eigenvalue weighted by atomic mass is 35.5. The van der Waals surface area contributed by atoms with Crippen molar-refractivity contribution in [3.05, 3.63) is 47.3 Å². The monoisotopic (exact) mass is 235 g/mol. The highest BCUT2D eigenvalue weighted by molar-refractivity contribution is 6.23. The summed E-state index contributed by atoms with van der Waals surface area (Å²) in [7, 11) is 0. The molecule has 0 bridgehead atoms. The first-order chi connectivity index (χ1) is 7.77. The second-order valence-corrected chi connectivity index (χ2v) is 4.02. The van der Waals surface area contributed by atoms with E-state index in [2.05, 4.69) is 4.98 Å². The Balaban J connectivity index is 2.55. The maximum absolute atomic E-state index is 10.1. The minimum atomic E-state index is -0.622. The van der Waals surface area contributed by atoms with E-state index in [-0.39, 0.29) is 0 Å². The van der Waals surface area contributed by atoms with Crippen LogP contribution in [-0.4, -0.2) is 16.0 Å². The number of hydrogen-bond donors (Lipinski definition) is 1. The predicted octanol–water partition coefficient (Wildman–Crippen LogP) is 3.09. The van der Waals surface area contributed by atoms with Crippen molar-refractivity contribution in [3.8, 4) is 0 Å². The molecule has 0 amide bonds. The molecule has 84 valence electrons. The van der Waals surface area contributed by atoms with Crippen LogP contribution < -0.4 is 0 Å². The molecule has 0 radical (unpaired) electrons. The number of halogens is 1. The number of fused-ring (bicyclic) bond motifs is 1. The lowest BCUT2D eigenvalue weighted by molar-refractivity contribution is 0.213. The van der Waals surface area contributed by atoms with Crippen LogP contribution in [0.4, 0.5) is 0 Å². The van der Waals surface area contributed by atoms with E-state index in [1.165, 1.54) is 0 Å². The smallest absolute Gasteiger partial charge is 0.121 e. The molecule has 0 aliphatic heterocycles. The number of alkyl halides is 1. The largest absolute Gasteiger partial charge is 0.382 e. The Hall–Kier alpha value is -1.12. The zero-order valence-corrected chi connectivity index (χ0v) is 9.91. The van der Waals surface area contributed by atoms with Crippen LogP contribution in [0.2, 0.25) is 0 Å². The number of aromatic nitrogens is 1. The van der Waals surface area contributed by atoms with E-state index in [0.717, 1.165) is 23.1 Å². The van der Waals surface area contributed by atoms with Gasteiger partial charge in [-0.1, -0.05) is 25.1 Å². The second-order valence-electron chi connectivity index (χ2n) is 3.75. The molecule has 1 unspecified atom stereocenters. The highest BCUT2D eigenvalue weighted by Crippen LogP contribution is 2.35. The fourth-order valence-corrected chi connectivity index (χ4v) is 2.16. The third kappa shape index (κ3) is 1.91. The molecule has 16 heavy (non-hydrogen) atoms. The number of hydrogen-bond acceptors (Lipinski definition) is 2. The van der Waals surface area contributed by atoms with Crippen LogP contribution in [-0.2, 0) is 0 Å².